The van der Waals surface area contributed by atoms with Crippen molar-refractivity contribution in [2.24, 2.45) is 11.8 Å². The molecule has 0 spiro atoms. The fourth-order valence-electron chi connectivity index (χ4n) is 4.37. The molecule has 1 saturated carbocycles. The van der Waals surface area contributed by atoms with Gasteiger partial charge in [0, 0.05) is 12.2 Å². The van der Waals surface area contributed by atoms with Gasteiger partial charge in [0.25, 0.3) is 10.0 Å². The molecule has 2 aliphatic rings. The summed E-state index contributed by atoms with van der Waals surface area (Å²) < 4.78 is 27.6. The van der Waals surface area contributed by atoms with Crippen molar-refractivity contribution >= 4 is 33.3 Å². The second-order valence-electron chi connectivity index (χ2n) is 7.81. The van der Waals surface area contributed by atoms with Gasteiger partial charge in [0.1, 0.15) is 0 Å². The summed E-state index contributed by atoms with van der Waals surface area (Å²) in [6.45, 7) is 0.401. The summed E-state index contributed by atoms with van der Waals surface area (Å²) in [4.78, 5) is 24.2. The van der Waals surface area contributed by atoms with Crippen LogP contribution >= 0.6 is 0 Å². The van der Waals surface area contributed by atoms with Gasteiger partial charge in [-0.2, -0.15) is 0 Å². The fraction of sp³-hybridized carbons (Fsp3) is 0.364. The van der Waals surface area contributed by atoms with Crippen LogP contribution in [0.25, 0.3) is 0 Å². The van der Waals surface area contributed by atoms with Crippen molar-refractivity contribution in [1.29, 1.82) is 0 Å². The van der Waals surface area contributed by atoms with E-state index in [2.05, 4.69) is 5.32 Å². The number of carboxylic acid groups (broad SMARTS) is 1. The van der Waals surface area contributed by atoms with Gasteiger partial charge in [-0.05, 0) is 55.2 Å². The Morgan fingerprint density at radius 1 is 0.967 bits per heavy atom. The molecular formula is C22H24N2O5S. The van der Waals surface area contributed by atoms with Crippen LogP contribution in [0.15, 0.2) is 53.4 Å². The highest BCUT2D eigenvalue weighted by atomic mass is 32.2. The van der Waals surface area contributed by atoms with E-state index in [1.54, 1.807) is 18.2 Å². The number of sulfonamides is 1. The maximum absolute atomic E-state index is 13.1. The molecule has 2 atom stereocenters. The highest BCUT2D eigenvalue weighted by Crippen LogP contribution is 2.34. The lowest BCUT2D eigenvalue weighted by molar-refractivity contribution is -0.147. The van der Waals surface area contributed by atoms with E-state index in [4.69, 9.17) is 0 Å². The molecule has 1 fully saturated rings. The van der Waals surface area contributed by atoms with E-state index in [9.17, 15) is 23.1 Å². The smallest absolute Gasteiger partial charge is 0.307 e. The predicted octanol–water partition coefficient (Wildman–Crippen LogP) is 3.27. The molecule has 0 bridgehead atoms. The van der Waals surface area contributed by atoms with Gasteiger partial charge in [0.05, 0.1) is 22.4 Å². The third-order valence-electron chi connectivity index (χ3n) is 5.97. The van der Waals surface area contributed by atoms with Crippen molar-refractivity contribution in [3.8, 4) is 0 Å². The third-order valence-corrected chi connectivity index (χ3v) is 7.80. The SMILES string of the molecule is O=C(O)C1CCCCC1C(=O)Nc1ccc(S(=O)(=O)N2CCc3ccccc32)cc1. The Labute approximate surface area is 175 Å². The summed E-state index contributed by atoms with van der Waals surface area (Å²) in [7, 11) is -3.69. The fourth-order valence-corrected chi connectivity index (χ4v) is 5.87. The summed E-state index contributed by atoms with van der Waals surface area (Å²) in [6.07, 6.45) is 3.37. The van der Waals surface area contributed by atoms with Crippen LogP contribution in [0.4, 0.5) is 11.4 Å². The number of rotatable bonds is 5. The molecule has 0 radical (unpaired) electrons. The number of carboxylic acids is 1. The van der Waals surface area contributed by atoms with Gasteiger partial charge < -0.3 is 10.4 Å². The molecule has 2 aromatic rings. The molecule has 7 nitrogen and oxygen atoms in total. The van der Waals surface area contributed by atoms with Crippen molar-refractivity contribution in [3.05, 3.63) is 54.1 Å². The van der Waals surface area contributed by atoms with Crippen LogP contribution < -0.4 is 9.62 Å². The number of para-hydroxylation sites is 1. The van der Waals surface area contributed by atoms with Crippen LogP contribution in [0.2, 0.25) is 0 Å². The van der Waals surface area contributed by atoms with Gasteiger partial charge in [-0.3, -0.25) is 13.9 Å². The Bertz CT molecular complexity index is 1070. The van der Waals surface area contributed by atoms with Gasteiger partial charge in [-0.25, -0.2) is 8.42 Å². The quantitative estimate of drug-likeness (QED) is 0.761. The molecule has 2 aromatic carbocycles. The normalized spacial score (nSPS) is 21.1. The largest absolute Gasteiger partial charge is 0.481 e. The first-order valence-electron chi connectivity index (χ1n) is 10.1. The average Bonchev–Trinajstić information content (AvgIpc) is 3.19. The molecule has 158 valence electrons. The first-order valence-corrected chi connectivity index (χ1v) is 11.6. The molecule has 2 N–H and O–H groups in total. The lowest BCUT2D eigenvalue weighted by Gasteiger charge is -2.27. The van der Waals surface area contributed by atoms with Crippen LogP contribution in [0.5, 0.6) is 0 Å². The third kappa shape index (κ3) is 3.79. The summed E-state index contributed by atoms with van der Waals surface area (Å²) in [5.74, 6) is -2.51. The van der Waals surface area contributed by atoms with Crippen molar-refractivity contribution in [2.45, 2.75) is 37.0 Å². The number of hydrogen-bond donors (Lipinski definition) is 2. The molecular weight excluding hydrogens is 404 g/mol. The lowest BCUT2D eigenvalue weighted by atomic mass is 9.78. The second-order valence-corrected chi connectivity index (χ2v) is 9.67. The molecule has 8 heteroatoms. The monoisotopic (exact) mass is 428 g/mol. The number of fused-ring (bicyclic) bond motifs is 1. The van der Waals surface area contributed by atoms with E-state index in [0.717, 1.165) is 18.4 Å². The average molecular weight is 429 g/mol. The van der Waals surface area contributed by atoms with Crippen LogP contribution in [0.1, 0.15) is 31.2 Å². The molecule has 1 amide bonds. The maximum atomic E-state index is 13.1. The van der Waals surface area contributed by atoms with E-state index in [1.165, 1.54) is 16.4 Å². The standard InChI is InChI=1S/C22H24N2O5S/c25-21(18-6-2-3-7-19(18)22(26)27)23-16-9-11-17(12-10-16)30(28,29)24-14-13-15-5-1-4-8-20(15)24/h1,4-5,8-12,18-19H,2-3,6-7,13-14H2,(H,23,25)(H,26,27). The molecule has 30 heavy (non-hydrogen) atoms. The van der Waals surface area contributed by atoms with E-state index in [0.29, 0.717) is 37.2 Å². The zero-order valence-corrected chi connectivity index (χ0v) is 17.3. The van der Waals surface area contributed by atoms with Crippen LogP contribution in [0.3, 0.4) is 0 Å². The number of carbonyl (C=O) groups excluding carboxylic acids is 1. The minimum Gasteiger partial charge on any atom is -0.481 e. The molecule has 1 aliphatic carbocycles. The van der Waals surface area contributed by atoms with E-state index >= 15 is 0 Å². The second kappa shape index (κ2) is 8.10. The van der Waals surface area contributed by atoms with E-state index < -0.39 is 27.8 Å². The molecule has 2 unspecified atom stereocenters. The van der Waals surface area contributed by atoms with Crippen molar-refractivity contribution in [3.63, 3.8) is 0 Å². The Morgan fingerprint density at radius 2 is 1.63 bits per heavy atom. The number of carbonyl (C=O) groups is 2. The van der Waals surface area contributed by atoms with E-state index in [1.807, 2.05) is 18.2 Å². The molecule has 0 aromatic heterocycles. The van der Waals surface area contributed by atoms with E-state index in [-0.39, 0.29) is 10.8 Å². The van der Waals surface area contributed by atoms with Gasteiger partial charge in [0.2, 0.25) is 5.91 Å². The van der Waals surface area contributed by atoms with Gasteiger partial charge in [-0.15, -0.1) is 0 Å². The van der Waals surface area contributed by atoms with Crippen molar-refractivity contribution < 1.29 is 23.1 Å². The Balaban J connectivity index is 1.49. The van der Waals surface area contributed by atoms with Crippen molar-refractivity contribution in [2.75, 3.05) is 16.2 Å². The molecule has 4 rings (SSSR count). The predicted molar refractivity (Wildman–Crippen MR) is 113 cm³/mol. The first-order chi connectivity index (χ1) is 14.4. The zero-order valence-electron chi connectivity index (χ0n) is 16.5. The number of nitrogens with one attached hydrogen (secondary N) is 1. The number of nitrogens with zero attached hydrogens (tertiary/aromatic N) is 1. The zero-order chi connectivity index (χ0) is 21.3. The van der Waals surface area contributed by atoms with Gasteiger partial charge >= 0.3 is 5.97 Å². The number of benzene rings is 2. The summed E-state index contributed by atoms with van der Waals surface area (Å²) in [5, 5.41) is 12.1. The van der Waals surface area contributed by atoms with Crippen molar-refractivity contribution in [1.82, 2.24) is 0 Å². The number of aliphatic carboxylic acids is 1. The molecule has 1 aliphatic heterocycles. The molecule has 0 saturated heterocycles. The number of amides is 1. The van der Waals surface area contributed by atoms with Crippen LogP contribution in [-0.2, 0) is 26.0 Å². The first kappa shape index (κ1) is 20.4. The number of hydrogen-bond acceptors (Lipinski definition) is 4. The minimum absolute atomic E-state index is 0.151. The molecule has 1 heterocycles. The van der Waals surface area contributed by atoms with Crippen LogP contribution in [0, 0.1) is 11.8 Å². The Kier molecular flexibility index (Phi) is 5.51. The van der Waals surface area contributed by atoms with Gasteiger partial charge in [0.15, 0.2) is 0 Å². The van der Waals surface area contributed by atoms with Gasteiger partial charge in [-0.1, -0.05) is 31.0 Å². The maximum Gasteiger partial charge on any atom is 0.307 e. The topological polar surface area (TPSA) is 104 Å². The highest BCUT2D eigenvalue weighted by Gasteiger charge is 2.36. The van der Waals surface area contributed by atoms with Crippen LogP contribution in [-0.4, -0.2) is 31.9 Å². The summed E-state index contributed by atoms with van der Waals surface area (Å²) in [5.41, 5.74) is 2.16. The lowest BCUT2D eigenvalue weighted by Crippen LogP contribution is -2.36. The minimum atomic E-state index is -3.69. The Hall–Kier alpha value is -2.87. The summed E-state index contributed by atoms with van der Waals surface area (Å²) in [6, 6.07) is 13.5. The highest BCUT2D eigenvalue weighted by molar-refractivity contribution is 7.92. The number of anilines is 2. The Morgan fingerprint density at radius 3 is 2.33 bits per heavy atom. The summed E-state index contributed by atoms with van der Waals surface area (Å²) >= 11 is 0.